The highest BCUT2D eigenvalue weighted by molar-refractivity contribution is 6.24. The molecule has 3 heterocycles. The summed E-state index contributed by atoms with van der Waals surface area (Å²) in [6.45, 7) is 0. The average Bonchev–Trinajstić information content (AvgIpc) is 3.68. The van der Waals surface area contributed by atoms with Gasteiger partial charge >= 0.3 is 0 Å². The monoisotopic (exact) mass is 728 g/mol. The summed E-state index contributed by atoms with van der Waals surface area (Å²) >= 11 is 0. The summed E-state index contributed by atoms with van der Waals surface area (Å²) in [6, 6.07) is 66.8. The van der Waals surface area contributed by atoms with E-state index in [1.807, 2.05) is 36.4 Å². The van der Waals surface area contributed by atoms with Crippen LogP contribution in [0.15, 0.2) is 199 Å². The first-order chi connectivity index (χ1) is 28.2. The summed E-state index contributed by atoms with van der Waals surface area (Å²) in [4.78, 5) is 20.4. The van der Waals surface area contributed by atoms with E-state index < -0.39 is 0 Å². The summed E-state index contributed by atoms with van der Waals surface area (Å²) < 4.78 is 6.76. The Kier molecular flexibility index (Phi) is 7.74. The van der Waals surface area contributed by atoms with Gasteiger partial charge in [-0.1, -0.05) is 164 Å². The molecular weight excluding hydrogens is 697 g/mol. The minimum atomic E-state index is 0.590. The number of fused-ring (bicyclic) bond motifs is 7. The summed E-state index contributed by atoms with van der Waals surface area (Å²) in [5.74, 6) is 1.81. The van der Waals surface area contributed by atoms with Gasteiger partial charge < -0.3 is 4.42 Å². The molecule has 11 aromatic rings. The van der Waals surface area contributed by atoms with Gasteiger partial charge in [-0.2, -0.15) is 0 Å². The standard InChI is InChI=1S/C52H32N4O/c1-4-12-33(13-5-1)35-20-24-38(25-21-35)50-54-51(39-26-22-36(23-27-39)34-14-6-2-7-15-34)56-52(55-50)40-28-31-46-44(32-40)41-29-30-43-47(49(41)57-46)42-18-10-11-19-45(42)53-48(43)37-16-8-3-9-17-37/h1-32H. The molecule has 266 valence electrons. The van der Waals surface area contributed by atoms with Gasteiger partial charge in [-0.05, 0) is 52.6 Å². The van der Waals surface area contributed by atoms with Gasteiger partial charge in [0.1, 0.15) is 11.2 Å². The van der Waals surface area contributed by atoms with Crippen molar-refractivity contribution in [2.75, 3.05) is 0 Å². The van der Waals surface area contributed by atoms with E-state index in [1.165, 1.54) is 0 Å². The Labute approximate surface area is 328 Å². The van der Waals surface area contributed by atoms with Crippen LogP contribution in [0.4, 0.5) is 0 Å². The van der Waals surface area contributed by atoms with E-state index in [0.717, 1.165) is 93.8 Å². The van der Waals surface area contributed by atoms with E-state index in [1.54, 1.807) is 0 Å². The van der Waals surface area contributed by atoms with E-state index in [4.69, 9.17) is 24.4 Å². The summed E-state index contributed by atoms with van der Waals surface area (Å²) in [5, 5.41) is 5.18. The van der Waals surface area contributed by atoms with Crippen LogP contribution in [0, 0.1) is 0 Å². The fourth-order valence-electron chi connectivity index (χ4n) is 7.87. The SMILES string of the molecule is c1ccc(-c2ccc(-c3nc(-c4ccc(-c5ccccc5)cc4)nc(-c4ccc5oc6c(ccc7c(-c8ccccc8)nc8ccccc8c76)c5c4)n3)cc2)cc1. The molecule has 0 amide bonds. The number of benzene rings is 8. The van der Waals surface area contributed by atoms with Crippen molar-refractivity contribution in [1.82, 2.24) is 19.9 Å². The predicted octanol–water partition coefficient (Wildman–Crippen LogP) is 13.5. The number of para-hydroxylation sites is 1. The molecule has 0 aliphatic rings. The van der Waals surface area contributed by atoms with Gasteiger partial charge in [-0.15, -0.1) is 0 Å². The van der Waals surface area contributed by atoms with E-state index in [2.05, 4.69) is 158 Å². The second-order valence-corrected chi connectivity index (χ2v) is 14.2. The van der Waals surface area contributed by atoms with Crippen LogP contribution >= 0.6 is 0 Å². The lowest BCUT2D eigenvalue weighted by atomic mass is 9.97. The van der Waals surface area contributed by atoms with Crippen LogP contribution in [0.25, 0.3) is 111 Å². The highest BCUT2D eigenvalue weighted by Gasteiger charge is 2.19. The molecule has 0 aliphatic heterocycles. The lowest BCUT2D eigenvalue weighted by molar-refractivity contribution is 0.673. The quantitative estimate of drug-likeness (QED) is 0.160. The molecule has 0 N–H and O–H groups in total. The van der Waals surface area contributed by atoms with Crippen LogP contribution in [0.5, 0.6) is 0 Å². The Morgan fingerprint density at radius 1 is 0.298 bits per heavy atom. The maximum atomic E-state index is 6.76. The highest BCUT2D eigenvalue weighted by atomic mass is 16.3. The number of hydrogen-bond donors (Lipinski definition) is 0. The second-order valence-electron chi connectivity index (χ2n) is 14.2. The third-order valence-corrected chi connectivity index (χ3v) is 10.7. The Balaban J connectivity index is 1.07. The zero-order chi connectivity index (χ0) is 37.7. The van der Waals surface area contributed by atoms with Gasteiger partial charge in [-0.3, -0.25) is 0 Å². The Bertz CT molecular complexity index is 3150. The molecule has 11 rings (SSSR count). The zero-order valence-electron chi connectivity index (χ0n) is 30.7. The molecule has 0 bridgehead atoms. The van der Waals surface area contributed by atoms with Crippen molar-refractivity contribution in [1.29, 1.82) is 0 Å². The van der Waals surface area contributed by atoms with E-state index in [-0.39, 0.29) is 0 Å². The molecule has 0 aliphatic carbocycles. The van der Waals surface area contributed by atoms with Crippen molar-refractivity contribution in [3.05, 3.63) is 194 Å². The van der Waals surface area contributed by atoms with Gasteiger partial charge in [-0.25, -0.2) is 19.9 Å². The van der Waals surface area contributed by atoms with Crippen molar-refractivity contribution < 1.29 is 4.42 Å². The lowest BCUT2D eigenvalue weighted by Crippen LogP contribution is -2.00. The first kappa shape index (κ1) is 32.7. The highest BCUT2D eigenvalue weighted by Crippen LogP contribution is 2.41. The fraction of sp³-hybridized carbons (Fsp3) is 0. The van der Waals surface area contributed by atoms with Crippen molar-refractivity contribution >= 4 is 43.6 Å². The molecule has 3 aromatic heterocycles. The maximum Gasteiger partial charge on any atom is 0.164 e. The molecule has 8 aromatic carbocycles. The molecule has 0 atom stereocenters. The summed E-state index contributed by atoms with van der Waals surface area (Å²) in [7, 11) is 0. The average molecular weight is 729 g/mol. The number of furan rings is 1. The third-order valence-electron chi connectivity index (χ3n) is 10.7. The number of hydrogen-bond acceptors (Lipinski definition) is 5. The van der Waals surface area contributed by atoms with Crippen LogP contribution in [0.1, 0.15) is 0 Å². The molecule has 0 fully saturated rings. The molecule has 5 heteroatoms. The van der Waals surface area contributed by atoms with Crippen molar-refractivity contribution in [2.24, 2.45) is 0 Å². The fourth-order valence-corrected chi connectivity index (χ4v) is 7.87. The van der Waals surface area contributed by atoms with Crippen molar-refractivity contribution in [3.8, 4) is 67.7 Å². The number of rotatable bonds is 6. The normalized spacial score (nSPS) is 11.5. The van der Waals surface area contributed by atoms with Crippen LogP contribution in [0.3, 0.4) is 0 Å². The lowest BCUT2D eigenvalue weighted by Gasteiger charge is -2.10. The summed E-state index contributed by atoms with van der Waals surface area (Å²) in [6.07, 6.45) is 0. The number of nitrogens with zero attached hydrogens (tertiary/aromatic N) is 4. The number of aromatic nitrogens is 4. The maximum absolute atomic E-state index is 6.76. The molecule has 0 saturated heterocycles. The summed E-state index contributed by atoms with van der Waals surface area (Å²) in [5.41, 5.74) is 11.9. The first-order valence-corrected chi connectivity index (χ1v) is 19.0. The van der Waals surface area contributed by atoms with Gasteiger partial charge in [0, 0.05) is 49.2 Å². The minimum Gasteiger partial charge on any atom is -0.455 e. The van der Waals surface area contributed by atoms with Crippen LogP contribution in [0.2, 0.25) is 0 Å². The molecule has 0 radical (unpaired) electrons. The number of pyridine rings is 1. The van der Waals surface area contributed by atoms with Gasteiger partial charge in [0.2, 0.25) is 0 Å². The molecule has 57 heavy (non-hydrogen) atoms. The molecule has 0 unspecified atom stereocenters. The minimum absolute atomic E-state index is 0.590. The molecule has 0 saturated carbocycles. The molecule has 0 spiro atoms. The Morgan fingerprint density at radius 3 is 1.35 bits per heavy atom. The van der Waals surface area contributed by atoms with E-state index >= 15 is 0 Å². The smallest absolute Gasteiger partial charge is 0.164 e. The van der Waals surface area contributed by atoms with Gasteiger partial charge in [0.05, 0.1) is 11.2 Å². The van der Waals surface area contributed by atoms with E-state index in [9.17, 15) is 0 Å². The Morgan fingerprint density at radius 2 is 0.754 bits per heavy atom. The van der Waals surface area contributed by atoms with Crippen LogP contribution in [-0.2, 0) is 0 Å². The topological polar surface area (TPSA) is 64.7 Å². The predicted molar refractivity (Wildman–Crippen MR) is 233 cm³/mol. The van der Waals surface area contributed by atoms with Crippen LogP contribution < -0.4 is 0 Å². The van der Waals surface area contributed by atoms with Gasteiger partial charge in [0.15, 0.2) is 17.5 Å². The van der Waals surface area contributed by atoms with Crippen molar-refractivity contribution in [3.63, 3.8) is 0 Å². The third kappa shape index (κ3) is 5.81. The zero-order valence-corrected chi connectivity index (χ0v) is 30.7. The first-order valence-electron chi connectivity index (χ1n) is 19.0. The largest absolute Gasteiger partial charge is 0.455 e. The molecular formula is C52H32N4O. The second kappa shape index (κ2) is 13.5. The molecule has 5 nitrogen and oxygen atoms in total. The van der Waals surface area contributed by atoms with Gasteiger partial charge in [0.25, 0.3) is 0 Å². The van der Waals surface area contributed by atoms with Crippen LogP contribution in [-0.4, -0.2) is 19.9 Å². The van der Waals surface area contributed by atoms with Crippen molar-refractivity contribution in [2.45, 2.75) is 0 Å². The van der Waals surface area contributed by atoms with E-state index in [0.29, 0.717) is 17.5 Å². The Hall–Kier alpha value is -7.76.